The van der Waals surface area contributed by atoms with Crippen molar-refractivity contribution in [2.75, 3.05) is 0 Å². The fourth-order valence-corrected chi connectivity index (χ4v) is 2.71. The van der Waals surface area contributed by atoms with E-state index in [1.165, 1.54) is 0 Å². The Morgan fingerprint density at radius 3 is 2.54 bits per heavy atom. The molecular formula is C20H17N2O2. The highest BCUT2D eigenvalue weighted by Crippen LogP contribution is 2.20. The van der Waals surface area contributed by atoms with Gasteiger partial charge in [-0.05, 0) is 24.5 Å². The monoisotopic (exact) mass is 317 g/mol. The van der Waals surface area contributed by atoms with Crippen molar-refractivity contribution in [2.24, 2.45) is 16.6 Å². The average Bonchev–Trinajstić information content (AvgIpc) is 2.62. The second kappa shape index (κ2) is 7.04. The number of aliphatic imine (C=N–C) groups is 1. The van der Waals surface area contributed by atoms with E-state index < -0.39 is 5.91 Å². The predicted molar refractivity (Wildman–Crippen MR) is 93.6 cm³/mol. The molecule has 3 rings (SSSR count). The highest BCUT2D eigenvalue weighted by Gasteiger charge is 2.25. The fourth-order valence-electron chi connectivity index (χ4n) is 2.71. The summed E-state index contributed by atoms with van der Waals surface area (Å²) in [5.74, 6) is -0.866. The van der Waals surface area contributed by atoms with Crippen molar-refractivity contribution in [2.45, 2.75) is 6.42 Å². The molecule has 1 atom stereocenters. The Hall–Kier alpha value is -3.01. The predicted octanol–water partition coefficient (Wildman–Crippen LogP) is 2.73. The summed E-state index contributed by atoms with van der Waals surface area (Å²) < 4.78 is 0. The van der Waals surface area contributed by atoms with E-state index in [9.17, 15) is 9.59 Å². The van der Waals surface area contributed by atoms with E-state index in [4.69, 9.17) is 5.73 Å². The SMILES string of the molecule is NC(=O)c1ccccc1C[CH]C1C=CN=C(c2ccccc2)C1=O. The zero-order valence-electron chi connectivity index (χ0n) is 13.1. The summed E-state index contributed by atoms with van der Waals surface area (Å²) in [6, 6.07) is 16.6. The molecule has 0 aliphatic carbocycles. The van der Waals surface area contributed by atoms with Gasteiger partial charge in [-0.2, -0.15) is 0 Å². The summed E-state index contributed by atoms with van der Waals surface area (Å²) >= 11 is 0. The van der Waals surface area contributed by atoms with Gasteiger partial charge in [0.15, 0.2) is 5.78 Å². The van der Waals surface area contributed by atoms with Gasteiger partial charge in [-0.1, -0.05) is 54.6 Å². The minimum atomic E-state index is -0.462. The Kier molecular flexibility index (Phi) is 4.66. The van der Waals surface area contributed by atoms with Gasteiger partial charge in [0.25, 0.3) is 0 Å². The zero-order valence-corrected chi connectivity index (χ0v) is 13.1. The molecule has 4 nitrogen and oxygen atoms in total. The second-order valence-electron chi connectivity index (χ2n) is 5.54. The molecule has 0 fully saturated rings. The molecule has 119 valence electrons. The standard InChI is InChI=1S/C20H17N2O2/c21-20(24)17-9-5-4-6-14(17)10-11-16-12-13-22-18(19(16)23)15-7-2-1-3-8-15/h1-9,11-13,16H,10H2,(H2,21,24). The lowest BCUT2D eigenvalue weighted by molar-refractivity contribution is -0.114. The van der Waals surface area contributed by atoms with Crippen molar-refractivity contribution < 1.29 is 9.59 Å². The van der Waals surface area contributed by atoms with E-state index in [0.717, 1.165) is 11.1 Å². The van der Waals surface area contributed by atoms with Crippen LogP contribution >= 0.6 is 0 Å². The molecule has 1 amide bonds. The summed E-state index contributed by atoms with van der Waals surface area (Å²) in [6.07, 6.45) is 5.80. The van der Waals surface area contributed by atoms with E-state index in [2.05, 4.69) is 4.99 Å². The van der Waals surface area contributed by atoms with Crippen molar-refractivity contribution in [3.63, 3.8) is 0 Å². The molecule has 2 aromatic carbocycles. The fraction of sp³-hybridized carbons (Fsp3) is 0.100. The number of Topliss-reactive ketones (excluding diaryl/α,β-unsaturated/α-hetero) is 1. The summed E-state index contributed by atoms with van der Waals surface area (Å²) in [5, 5.41) is 0. The number of benzene rings is 2. The van der Waals surface area contributed by atoms with Crippen LogP contribution in [0.5, 0.6) is 0 Å². The third-order valence-corrected chi connectivity index (χ3v) is 3.95. The number of rotatable bonds is 5. The van der Waals surface area contributed by atoms with Gasteiger partial charge in [0.1, 0.15) is 5.71 Å². The van der Waals surface area contributed by atoms with Crippen LogP contribution in [-0.4, -0.2) is 17.4 Å². The molecule has 0 saturated carbocycles. The maximum atomic E-state index is 12.7. The molecule has 0 spiro atoms. The largest absolute Gasteiger partial charge is 0.366 e. The number of carbonyl (C=O) groups excluding carboxylic acids is 2. The number of hydrogen-bond acceptors (Lipinski definition) is 3. The first kappa shape index (κ1) is 15.9. The smallest absolute Gasteiger partial charge is 0.248 e. The van der Waals surface area contributed by atoms with E-state index >= 15 is 0 Å². The number of allylic oxidation sites excluding steroid dienone is 1. The Bertz CT molecular complexity index is 823. The lowest BCUT2D eigenvalue weighted by atomic mass is 9.88. The van der Waals surface area contributed by atoms with Crippen LogP contribution in [0.25, 0.3) is 0 Å². The number of carbonyl (C=O) groups is 2. The first-order valence-electron chi connectivity index (χ1n) is 7.72. The molecule has 4 heteroatoms. The van der Waals surface area contributed by atoms with Crippen LogP contribution in [-0.2, 0) is 11.2 Å². The van der Waals surface area contributed by atoms with Crippen LogP contribution in [0, 0.1) is 12.3 Å². The molecule has 0 aromatic heterocycles. The molecule has 1 aliphatic rings. The van der Waals surface area contributed by atoms with Gasteiger partial charge in [0.05, 0.1) is 0 Å². The third-order valence-electron chi connectivity index (χ3n) is 3.95. The number of ketones is 1. The normalized spacial score (nSPS) is 16.8. The number of nitrogens with two attached hydrogens (primary N) is 1. The first-order chi connectivity index (χ1) is 11.7. The molecular weight excluding hydrogens is 300 g/mol. The van der Waals surface area contributed by atoms with Crippen LogP contribution in [0.1, 0.15) is 21.5 Å². The van der Waals surface area contributed by atoms with Crippen molar-refractivity contribution in [3.05, 3.63) is 90.0 Å². The van der Waals surface area contributed by atoms with Gasteiger partial charge in [-0.25, -0.2) is 0 Å². The van der Waals surface area contributed by atoms with E-state index in [1.54, 1.807) is 24.4 Å². The van der Waals surface area contributed by atoms with E-state index in [-0.39, 0.29) is 11.7 Å². The van der Waals surface area contributed by atoms with Crippen molar-refractivity contribution in [3.8, 4) is 0 Å². The molecule has 0 saturated heterocycles. The zero-order chi connectivity index (χ0) is 16.9. The molecule has 2 N–H and O–H groups in total. The van der Waals surface area contributed by atoms with Crippen LogP contribution in [0.2, 0.25) is 0 Å². The molecule has 1 heterocycles. The quantitative estimate of drug-likeness (QED) is 0.921. The van der Waals surface area contributed by atoms with Crippen LogP contribution < -0.4 is 5.73 Å². The molecule has 0 bridgehead atoms. The maximum Gasteiger partial charge on any atom is 0.248 e. The molecule has 1 radical (unpaired) electrons. The molecule has 2 aromatic rings. The van der Waals surface area contributed by atoms with Gasteiger partial charge in [-0.3, -0.25) is 14.6 Å². The minimum absolute atomic E-state index is 0.0414. The molecule has 1 unspecified atom stereocenters. The molecule has 24 heavy (non-hydrogen) atoms. The van der Waals surface area contributed by atoms with Crippen molar-refractivity contribution >= 4 is 17.4 Å². The number of nitrogens with zero attached hydrogens (tertiary/aromatic N) is 1. The van der Waals surface area contributed by atoms with Gasteiger partial charge >= 0.3 is 0 Å². The van der Waals surface area contributed by atoms with Crippen LogP contribution in [0.4, 0.5) is 0 Å². The average molecular weight is 317 g/mol. The number of hydrogen-bond donors (Lipinski definition) is 1. The summed E-state index contributed by atoms with van der Waals surface area (Å²) in [4.78, 5) is 28.4. The van der Waals surface area contributed by atoms with E-state index in [0.29, 0.717) is 17.7 Å². The Labute approximate surface area is 140 Å². The van der Waals surface area contributed by atoms with Gasteiger partial charge in [-0.15, -0.1) is 0 Å². The lowest BCUT2D eigenvalue weighted by Crippen LogP contribution is -2.26. The third kappa shape index (κ3) is 3.33. The van der Waals surface area contributed by atoms with Gasteiger partial charge in [0.2, 0.25) is 5.91 Å². The van der Waals surface area contributed by atoms with Crippen molar-refractivity contribution in [1.82, 2.24) is 0 Å². The number of amides is 1. The minimum Gasteiger partial charge on any atom is -0.366 e. The highest BCUT2D eigenvalue weighted by molar-refractivity contribution is 6.47. The summed E-state index contributed by atoms with van der Waals surface area (Å²) in [7, 11) is 0. The first-order valence-corrected chi connectivity index (χ1v) is 7.72. The highest BCUT2D eigenvalue weighted by atomic mass is 16.1. The Morgan fingerprint density at radius 1 is 1.08 bits per heavy atom. The van der Waals surface area contributed by atoms with Gasteiger partial charge in [0, 0.05) is 23.2 Å². The van der Waals surface area contributed by atoms with Crippen LogP contribution in [0.15, 0.2) is 71.9 Å². The lowest BCUT2D eigenvalue weighted by Gasteiger charge is -2.17. The van der Waals surface area contributed by atoms with Gasteiger partial charge < -0.3 is 5.73 Å². The maximum absolute atomic E-state index is 12.7. The Morgan fingerprint density at radius 2 is 1.79 bits per heavy atom. The second-order valence-corrected chi connectivity index (χ2v) is 5.54. The van der Waals surface area contributed by atoms with Crippen molar-refractivity contribution in [1.29, 1.82) is 0 Å². The van der Waals surface area contributed by atoms with E-state index in [1.807, 2.05) is 48.9 Å². The topological polar surface area (TPSA) is 72.5 Å². The summed E-state index contributed by atoms with van der Waals surface area (Å²) in [6.45, 7) is 0. The molecule has 1 aliphatic heterocycles. The Balaban J connectivity index is 1.74. The summed E-state index contributed by atoms with van der Waals surface area (Å²) in [5.41, 5.74) is 7.96. The number of primary amides is 1. The van der Waals surface area contributed by atoms with Crippen LogP contribution in [0.3, 0.4) is 0 Å².